The van der Waals surface area contributed by atoms with E-state index in [4.69, 9.17) is 5.84 Å². The van der Waals surface area contributed by atoms with Crippen molar-refractivity contribution >= 4 is 0 Å². The number of allylic oxidation sites excluding steroid dienone is 1. The first-order valence-electron chi connectivity index (χ1n) is 9.27. The van der Waals surface area contributed by atoms with Crippen LogP contribution < -0.4 is 11.3 Å². The van der Waals surface area contributed by atoms with Crippen molar-refractivity contribution in [3.05, 3.63) is 11.6 Å². The molecule has 0 aromatic carbocycles. The fourth-order valence-electron chi connectivity index (χ4n) is 5.02. The number of rotatable bonds is 4. The Morgan fingerprint density at radius 3 is 2.38 bits per heavy atom. The molecular weight excluding hydrogens is 258 g/mol. The molecule has 1 saturated heterocycles. The Bertz CT molecular complexity index is 351. The molecule has 3 rings (SSSR count). The fourth-order valence-corrected chi connectivity index (χ4v) is 5.02. The summed E-state index contributed by atoms with van der Waals surface area (Å²) in [6, 6.07) is 0.385. The van der Waals surface area contributed by atoms with Crippen LogP contribution in [0.3, 0.4) is 0 Å². The molecule has 3 N–H and O–H groups in total. The zero-order valence-electron chi connectivity index (χ0n) is 13.6. The van der Waals surface area contributed by atoms with Crippen LogP contribution in [-0.4, -0.2) is 29.6 Å². The normalized spacial score (nSPS) is 28.9. The summed E-state index contributed by atoms with van der Waals surface area (Å²) in [5.41, 5.74) is 5.20. The lowest BCUT2D eigenvalue weighted by Crippen LogP contribution is -2.61. The van der Waals surface area contributed by atoms with Crippen LogP contribution in [0.4, 0.5) is 0 Å². The number of likely N-dealkylation sites (tertiary alicyclic amines) is 1. The summed E-state index contributed by atoms with van der Waals surface area (Å²) in [5, 5.41) is 0. The molecule has 21 heavy (non-hydrogen) atoms. The SMILES string of the molecule is NNC(C1=CCCCCCC1)C1(N2CCCC2)CCCC1. The Kier molecular flexibility index (Phi) is 5.36. The molecule has 0 aromatic rings. The quantitative estimate of drug-likeness (QED) is 0.473. The van der Waals surface area contributed by atoms with Crippen molar-refractivity contribution in [2.45, 2.75) is 88.6 Å². The monoisotopic (exact) mass is 291 g/mol. The van der Waals surface area contributed by atoms with Crippen LogP contribution in [-0.2, 0) is 0 Å². The third-order valence-electron chi connectivity index (χ3n) is 6.11. The molecule has 0 aromatic heterocycles. The molecule has 0 bridgehead atoms. The molecule has 0 radical (unpaired) electrons. The molecule has 1 saturated carbocycles. The summed E-state index contributed by atoms with van der Waals surface area (Å²) in [7, 11) is 0. The first-order valence-corrected chi connectivity index (χ1v) is 9.27. The number of hydrogen-bond acceptors (Lipinski definition) is 3. The lowest BCUT2D eigenvalue weighted by atomic mass is 9.79. The lowest BCUT2D eigenvalue weighted by molar-refractivity contribution is 0.0884. The highest BCUT2D eigenvalue weighted by atomic mass is 15.3. The molecule has 1 unspecified atom stereocenters. The number of hydrazine groups is 1. The number of nitrogens with zero attached hydrogens (tertiary/aromatic N) is 1. The fraction of sp³-hybridized carbons (Fsp3) is 0.889. The van der Waals surface area contributed by atoms with Gasteiger partial charge >= 0.3 is 0 Å². The van der Waals surface area contributed by atoms with Crippen molar-refractivity contribution < 1.29 is 0 Å². The van der Waals surface area contributed by atoms with Crippen LogP contribution in [0.2, 0.25) is 0 Å². The van der Waals surface area contributed by atoms with Gasteiger partial charge in [-0.1, -0.05) is 37.3 Å². The van der Waals surface area contributed by atoms with Crippen molar-refractivity contribution in [1.82, 2.24) is 10.3 Å². The van der Waals surface area contributed by atoms with E-state index in [2.05, 4.69) is 16.4 Å². The van der Waals surface area contributed by atoms with Gasteiger partial charge in [0.05, 0.1) is 6.04 Å². The van der Waals surface area contributed by atoms with Crippen LogP contribution >= 0.6 is 0 Å². The van der Waals surface area contributed by atoms with Crippen LogP contribution in [0.5, 0.6) is 0 Å². The lowest BCUT2D eigenvalue weighted by Gasteiger charge is -2.46. The second kappa shape index (κ2) is 7.26. The van der Waals surface area contributed by atoms with Crippen molar-refractivity contribution in [1.29, 1.82) is 0 Å². The second-order valence-electron chi connectivity index (χ2n) is 7.34. The molecule has 1 atom stereocenters. The topological polar surface area (TPSA) is 41.3 Å². The standard InChI is InChI=1S/C18H33N3/c19-20-17(16-10-4-2-1-3-5-11-16)18(12-6-7-13-18)21-14-8-9-15-21/h10,17,20H,1-9,11-15,19H2. The number of nitrogens with two attached hydrogens (primary N) is 1. The summed E-state index contributed by atoms with van der Waals surface area (Å²) in [6.45, 7) is 2.57. The first kappa shape index (κ1) is 15.5. The number of nitrogens with one attached hydrogen (secondary N) is 1. The maximum atomic E-state index is 6.11. The van der Waals surface area contributed by atoms with E-state index in [0.29, 0.717) is 11.6 Å². The van der Waals surface area contributed by atoms with Gasteiger partial charge in [0.1, 0.15) is 0 Å². The van der Waals surface area contributed by atoms with Crippen molar-refractivity contribution in [3.8, 4) is 0 Å². The van der Waals surface area contributed by atoms with Crippen LogP contribution in [0.1, 0.15) is 77.0 Å². The van der Waals surface area contributed by atoms with Crippen LogP contribution in [0.25, 0.3) is 0 Å². The average Bonchev–Trinajstić information content (AvgIpc) is 3.12. The van der Waals surface area contributed by atoms with E-state index in [1.54, 1.807) is 5.57 Å². The Morgan fingerprint density at radius 2 is 1.67 bits per heavy atom. The van der Waals surface area contributed by atoms with E-state index in [1.165, 1.54) is 90.1 Å². The van der Waals surface area contributed by atoms with Gasteiger partial charge in [0.15, 0.2) is 0 Å². The van der Waals surface area contributed by atoms with E-state index >= 15 is 0 Å². The smallest absolute Gasteiger partial charge is 0.0604 e. The van der Waals surface area contributed by atoms with Gasteiger partial charge in [-0.25, -0.2) is 0 Å². The highest BCUT2D eigenvalue weighted by Gasteiger charge is 2.47. The molecule has 1 aliphatic heterocycles. The Labute approximate surface area is 130 Å². The third kappa shape index (κ3) is 3.20. The predicted octanol–water partition coefficient (Wildman–Crippen LogP) is 3.51. The van der Waals surface area contributed by atoms with Gasteiger partial charge in [0.25, 0.3) is 0 Å². The summed E-state index contributed by atoms with van der Waals surface area (Å²) in [6.07, 6.45) is 18.7. The molecule has 3 aliphatic rings. The molecule has 0 spiro atoms. The van der Waals surface area contributed by atoms with Gasteiger partial charge in [-0.3, -0.25) is 16.2 Å². The summed E-state index contributed by atoms with van der Waals surface area (Å²) >= 11 is 0. The van der Waals surface area contributed by atoms with Gasteiger partial charge in [0, 0.05) is 5.54 Å². The second-order valence-corrected chi connectivity index (χ2v) is 7.34. The minimum Gasteiger partial charge on any atom is -0.296 e. The Balaban J connectivity index is 1.84. The summed E-state index contributed by atoms with van der Waals surface area (Å²) in [5.74, 6) is 6.11. The van der Waals surface area contributed by atoms with Crippen LogP contribution in [0, 0.1) is 0 Å². The molecule has 2 aliphatic carbocycles. The molecule has 2 fully saturated rings. The van der Waals surface area contributed by atoms with E-state index in [-0.39, 0.29) is 0 Å². The van der Waals surface area contributed by atoms with Gasteiger partial charge in [-0.2, -0.15) is 0 Å². The summed E-state index contributed by atoms with van der Waals surface area (Å²) in [4.78, 5) is 2.78. The largest absolute Gasteiger partial charge is 0.296 e. The minimum atomic E-state index is 0.316. The van der Waals surface area contributed by atoms with E-state index in [1.807, 2.05) is 0 Å². The molecule has 3 heteroatoms. The van der Waals surface area contributed by atoms with Gasteiger partial charge in [-0.05, 0) is 64.5 Å². The van der Waals surface area contributed by atoms with Crippen molar-refractivity contribution in [2.75, 3.05) is 13.1 Å². The summed E-state index contributed by atoms with van der Waals surface area (Å²) < 4.78 is 0. The maximum Gasteiger partial charge on any atom is 0.0604 e. The van der Waals surface area contributed by atoms with Crippen molar-refractivity contribution in [2.24, 2.45) is 5.84 Å². The number of hydrogen-bond donors (Lipinski definition) is 2. The average molecular weight is 291 g/mol. The van der Waals surface area contributed by atoms with Gasteiger partial charge in [0.2, 0.25) is 0 Å². The molecular formula is C18H33N3. The zero-order valence-corrected chi connectivity index (χ0v) is 13.6. The first-order chi connectivity index (χ1) is 10.4. The third-order valence-corrected chi connectivity index (χ3v) is 6.11. The Morgan fingerprint density at radius 1 is 0.952 bits per heavy atom. The molecule has 0 amide bonds. The molecule has 3 nitrogen and oxygen atoms in total. The van der Waals surface area contributed by atoms with E-state index < -0.39 is 0 Å². The Hall–Kier alpha value is -0.380. The van der Waals surface area contributed by atoms with Crippen LogP contribution in [0.15, 0.2) is 11.6 Å². The molecule has 1 heterocycles. The van der Waals surface area contributed by atoms with E-state index in [9.17, 15) is 0 Å². The highest BCUT2D eigenvalue weighted by Crippen LogP contribution is 2.43. The predicted molar refractivity (Wildman–Crippen MR) is 88.9 cm³/mol. The van der Waals surface area contributed by atoms with Gasteiger partial charge < -0.3 is 0 Å². The van der Waals surface area contributed by atoms with Gasteiger partial charge in [-0.15, -0.1) is 0 Å². The molecule has 120 valence electrons. The zero-order chi connectivity index (χ0) is 14.5. The minimum absolute atomic E-state index is 0.316. The van der Waals surface area contributed by atoms with Crippen molar-refractivity contribution in [3.63, 3.8) is 0 Å². The van der Waals surface area contributed by atoms with E-state index in [0.717, 1.165) is 0 Å². The maximum absolute atomic E-state index is 6.11. The highest BCUT2D eigenvalue weighted by molar-refractivity contribution is 5.21.